The number of carbonyl (C=O) groups excluding carboxylic acids is 1. The number of sulfonamides is 1. The monoisotopic (exact) mass is 386 g/mol. The molecule has 6 heteroatoms. The average molecular weight is 387 g/mol. The maximum atomic E-state index is 12.8. The summed E-state index contributed by atoms with van der Waals surface area (Å²) in [5, 5.41) is 0. The van der Waals surface area contributed by atoms with Crippen LogP contribution in [0.25, 0.3) is 0 Å². The van der Waals surface area contributed by atoms with Crippen molar-refractivity contribution in [3.05, 3.63) is 59.7 Å². The van der Waals surface area contributed by atoms with Crippen LogP contribution in [0.1, 0.15) is 35.7 Å². The molecule has 3 rings (SSSR count). The Morgan fingerprint density at radius 1 is 1.07 bits per heavy atom. The van der Waals surface area contributed by atoms with Gasteiger partial charge in [-0.1, -0.05) is 24.6 Å². The predicted octanol–water partition coefficient (Wildman–Crippen LogP) is 3.69. The molecule has 0 unspecified atom stereocenters. The second-order valence-corrected chi connectivity index (χ2v) is 9.30. The van der Waals surface area contributed by atoms with Gasteiger partial charge in [-0.3, -0.25) is 9.10 Å². The minimum Gasteiger partial charge on any atom is -0.338 e. The second kappa shape index (κ2) is 7.72. The number of aryl methyl sites for hydroxylation is 1. The highest BCUT2D eigenvalue weighted by molar-refractivity contribution is 7.92. The third-order valence-corrected chi connectivity index (χ3v) is 6.90. The highest BCUT2D eigenvalue weighted by Gasteiger charge is 2.24. The first-order valence-electron chi connectivity index (χ1n) is 9.24. The van der Waals surface area contributed by atoms with Gasteiger partial charge in [0.15, 0.2) is 0 Å². The topological polar surface area (TPSA) is 57.7 Å². The first kappa shape index (κ1) is 19.4. The molecule has 1 aliphatic heterocycles. The number of piperidine rings is 1. The van der Waals surface area contributed by atoms with Crippen LogP contribution in [-0.4, -0.2) is 39.4 Å². The largest absolute Gasteiger partial charge is 0.338 e. The van der Waals surface area contributed by atoms with Crippen molar-refractivity contribution in [3.63, 3.8) is 0 Å². The summed E-state index contributed by atoms with van der Waals surface area (Å²) in [5.41, 5.74) is 2.12. The first-order valence-corrected chi connectivity index (χ1v) is 10.7. The fourth-order valence-electron chi connectivity index (χ4n) is 3.38. The third-order valence-electron chi connectivity index (χ3n) is 5.10. The van der Waals surface area contributed by atoms with Crippen LogP contribution in [0.4, 0.5) is 5.69 Å². The smallest absolute Gasteiger partial charge is 0.264 e. The van der Waals surface area contributed by atoms with Gasteiger partial charge < -0.3 is 4.90 Å². The molecule has 1 saturated heterocycles. The molecule has 2 aromatic rings. The van der Waals surface area contributed by atoms with E-state index in [0.29, 0.717) is 17.2 Å². The zero-order valence-electron chi connectivity index (χ0n) is 16.1. The van der Waals surface area contributed by atoms with Crippen LogP contribution in [0.3, 0.4) is 0 Å². The van der Waals surface area contributed by atoms with E-state index >= 15 is 0 Å². The summed E-state index contributed by atoms with van der Waals surface area (Å²) < 4.78 is 26.8. The fourth-order valence-corrected chi connectivity index (χ4v) is 4.57. The Hall–Kier alpha value is -2.34. The van der Waals surface area contributed by atoms with Gasteiger partial charge in [0, 0.05) is 25.7 Å². The van der Waals surface area contributed by atoms with Gasteiger partial charge in [0.2, 0.25) is 0 Å². The Balaban J connectivity index is 1.78. The number of likely N-dealkylation sites (tertiary alicyclic amines) is 1. The van der Waals surface area contributed by atoms with E-state index in [-0.39, 0.29) is 10.8 Å². The number of hydrogen-bond donors (Lipinski definition) is 0. The van der Waals surface area contributed by atoms with Gasteiger partial charge in [-0.05, 0) is 62.1 Å². The molecule has 0 aliphatic carbocycles. The number of nitrogens with zero attached hydrogens (tertiary/aromatic N) is 2. The SMILES string of the molecule is Cc1ccc(S(=O)(=O)N(C)c2ccc(C(=O)N3CCC[C@@H](C)C3)cc2)cc1. The van der Waals surface area contributed by atoms with Gasteiger partial charge in [-0.25, -0.2) is 8.42 Å². The van der Waals surface area contributed by atoms with E-state index in [4.69, 9.17) is 0 Å². The van der Waals surface area contributed by atoms with E-state index in [2.05, 4.69) is 6.92 Å². The molecule has 0 radical (unpaired) electrons. The lowest BCUT2D eigenvalue weighted by atomic mass is 9.99. The molecule has 0 N–H and O–H groups in total. The van der Waals surface area contributed by atoms with Crippen molar-refractivity contribution in [2.24, 2.45) is 5.92 Å². The molecule has 144 valence electrons. The number of benzene rings is 2. The summed E-state index contributed by atoms with van der Waals surface area (Å²) >= 11 is 0. The van der Waals surface area contributed by atoms with Crippen LogP contribution in [0.5, 0.6) is 0 Å². The van der Waals surface area contributed by atoms with Crippen molar-refractivity contribution >= 4 is 21.6 Å². The number of amides is 1. The molecule has 0 spiro atoms. The Morgan fingerprint density at radius 2 is 1.70 bits per heavy atom. The molecular formula is C21H26N2O3S. The number of anilines is 1. The molecule has 1 fully saturated rings. The summed E-state index contributed by atoms with van der Waals surface area (Å²) in [6.07, 6.45) is 2.19. The minimum absolute atomic E-state index is 0.0112. The van der Waals surface area contributed by atoms with Crippen molar-refractivity contribution in [2.45, 2.75) is 31.6 Å². The number of rotatable bonds is 4. The summed E-state index contributed by atoms with van der Waals surface area (Å²) in [4.78, 5) is 14.8. The summed E-state index contributed by atoms with van der Waals surface area (Å²) in [5.74, 6) is 0.532. The van der Waals surface area contributed by atoms with E-state index in [1.807, 2.05) is 11.8 Å². The lowest BCUT2D eigenvalue weighted by molar-refractivity contribution is 0.0683. The average Bonchev–Trinajstić information content (AvgIpc) is 2.67. The molecule has 1 amide bonds. The van der Waals surface area contributed by atoms with Crippen molar-refractivity contribution in [1.82, 2.24) is 4.90 Å². The van der Waals surface area contributed by atoms with Crippen LogP contribution < -0.4 is 4.31 Å². The lowest BCUT2D eigenvalue weighted by Crippen LogP contribution is -2.39. The normalized spacial score (nSPS) is 17.6. The highest BCUT2D eigenvalue weighted by Crippen LogP contribution is 2.24. The van der Waals surface area contributed by atoms with E-state index in [1.165, 1.54) is 11.4 Å². The fraction of sp³-hybridized carbons (Fsp3) is 0.381. The van der Waals surface area contributed by atoms with Crippen molar-refractivity contribution in [1.29, 1.82) is 0 Å². The Bertz CT molecular complexity index is 905. The molecule has 0 saturated carbocycles. The molecule has 0 aromatic heterocycles. The quantitative estimate of drug-likeness (QED) is 0.805. The third kappa shape index (κ3) is 4.16. The van der Waals surface area contributed by atoms with Gasteiger partial charge in [0.05, 0.1) is 10.6 Å². The molecule has 0 bridgehead atoms. The van der Waals surface area contributed by atoms with Crippen LogP contribution >= 0.6 is 0 Å². The minimum atomic E-state index is -3.63. The van der Waals surface area contributed by atoms with E-state index in [1.54, 1.807) is 48.5 Å². The molecule has 1 heterocycles. The molecule has 27 heavy (non-hydrogen) atoms. The van der Waals surface area contributed by atoms with E-state index in [9.17, 15) is 13.2 Å². The van der Waals surface area contributed by atoms with E-state index < -0.39 is 10.0 Å². The van der Waals surface area contributed by atoms with Gasteiger partial charge in [-0.2, -0.15) is 0 Å². The standard InChI is InChI=1S/C21H26N2O3S/c1-16-6-12-20(13-7-16)27(25,26)22(3)19-10-8-18(9-11-19)21(24)23-14-4-5-17(2)15-23/h6-13,17H,4-5,14-15H2,1-3H3/t17-/m1/s1. The predicted molar refractivity (Wildman–Crippen MR) is 108 cm³/mol. The Labute approximate surface area is 161 Å². The Kier molecular flexibility index (Phi) is 5.56. The molecule has 1 aliphatic rings. The van der Waals surface area contributed by atoms with Crippen LogP contribution in [-0.2, 0) is 10.0 Å². The zero-order chi connectivity index (χ0) is 19.6. The number of carbonyl (C=O) groups is 1. The van der Waals surface area contributed by atoms with Gasteiger partial charge in [0.1, 0.15) is 0 Å². The van der Waals surface area contributed by atoms with Gasteiger partial charge in [0.25, 0.3) is 15.9 Å². The Morgan fingerprint density at radius 3 is 2.30 bits per heavy atom. The summed E-state index contributed by atoms with van der Waals surface area (Å²) in [6.45, 7) is 5.64. The summed E-state index contributed by atoms with van der Waals surface area (Å²) in [7, 11) is -2.11. The zero-order valence-corrected chi connectivity index (χ0v) is 16.9. The van der Waals surface area contributed by atoms with Crippen LogP contribution in [0, 0.1) is 12.8 Å². The van der Waals surface area contributed by atoms with Crippen molar-refractivity contribution < 1.29 is 13.2 Å². The molecule has 5 nitrogen and oxygen atoms in total. The van der Waals surface area contributed by atoms with Gasteiger partial charge >= 0.3 is 0 Å². The maximum Gasteiger partial charge on any atom is 0.264 e. The van der Waals surface area contributed by atoms with Gasteiger partial charge in [-0.15, -0.1) is 0 Å². The number of hydrogen-bond acceptors (Lipinski definition) is 3. The first-order chi connectivity index (χ1) is 12.8. The maximum absolute atomic E-state index is 12.8. The summed E-state index contributed by atoms with van der Waals surface area (Å²) in [6, 6.07) is 13.6. The van der Waals surface area contributed by atoms with Crippen molar-refractivity contribution in [3.8, 4) is 0 Å². The second-order valence-electron chi connectivity index (χ2n) is 7.33. The van der Waals surface area contributed by atoms with Crippen LogP contribution in [0.2, 0.25) is 0 Å². The highest BCUT2D eigenvalue weighted by atomic mass is 32.2. The molecular weight excluding hydrogens is 360 g/mol. The van der Waals surface area contributed by atoms with E-state index in [0.717, 1.165) is 31.5 Å². The molecule has 1 atom stereocenters. The molecule has 2 aromatic carbocycles. The van der Waals surface area contributed by atoms with Crippen LogP contribution in [0.15, 0.2) is 53.4 Å². The lowest BCUT2D eigenvalue weighted by Gasteiger charge is -2.31. The van der Waals surface area contributed by atoms with Crippen molar-refractivity contribution in [2.75, 3.05) is 24.4 Å².